The average molecular weight is 365 g/mol. The van der Waals surface area contributed by atoms with Crippen LogP contribution in [-0.4, -0.2) is 16.6 Å². The third-order valence-corrected chi connectivity index (χ3v) is 4.85. The zero-order valence-corrected chi connectivity index (χ0v) is 14.9. The molecule has 0 aliphatic rings. The van der Waals surface area contributed by atoms with Crippen molar-refractivity contribution in [1.29, 1.82) is 5.26 Å². The van der Waals surface area contributed by atoms with Crippen molar-refractivity contribution in [3.8, 4) is 6.07 Å². The van der Waals surface area contributed by atoms with Crippen LogP contribution in [0.2, 0.25) is 0 Å². The number of fused-ring (bicyclic) bond motifs is 1. The quantitative estimate of drug-likeness (QED) is 0.674. The largest absolute Gasteiger partial charge is 0.323 e. The predicted octanol–water partition coefficient (Wildman–Crippen LogP) is 4.54. The topological polar surface area (TPSA) is 65.8 Å². The number of hydrogen-bond donors (Lipinski definition) is 1. The van der Waals surface area contributed by atoms with Gasteiger partial charge in [-0.1, -0.05) is 36.9 Å². The SMILES string of the molecule is CCc1ccc2nc(SCC(=O)Nc3ccccc3F)c(C#N)cc2c1. The number of anilines is 1. The Morgan fingerprint density at radius 1 is 1.27 bits per heavy atom. The third-order valence-electron chi connectivity index (χ3n) is 3.86. The van der Waals surface area contributed by atoms with E-state index in [1.54, 1.807) is 18.2 Å². The summed E-state index contributed by atoms with van der Waals surface area (Å²) >= 11 is 1.16. The van der Waals surface area contributed by atoms with Crippen molar-refractivity contribution in [3.05, 3.63) is 65.5 Å². The molecular weight excluding hydrogens is 349 g/mol. The Balaban J connectivity index is 1.77. The fraction of sp³-hybridized carbons (Fsp3) is 0.150. The number of hydrogen-bond acceptors (Lipinski definition) is 4. The number of benzene rings is 2. The molecule has 0 bridgehead atoms. The molecule has 0 radical (unpaired) electrons. The highest BCUT2D eigenvalue weighted by Crippen LogP contribution is 2.25. The highest BCUT2D eigenvalue weighted by molar-refractivity contribution is 8.00. The molecule has 1 amide bonds. The fourth-order valence-electron chi connectivity index (χ4n) is 2.50. The molecule has 1 N–H and O–H groups in total. The summed E-state index contributed by atoms with van der Waals surface area (Å²) < 4.78 is 13.6. The van der Waals surface area contributed by atoms with E-state index in [4.69, 9.17) is 0 Å². The van der Waals surface area contributed by atoms with Crippen LogP contribution in [0.1, 0.15) is 18.1 Å². The molecule has 0 atom stereocenters. The highest BCUT2D eigenvalue weighted by Gasteiger charge is 2.12. The van der Waals surface area contributed by atoms with Gasteiger partial charge in [-0.2, -0.15) is 5.26 Å². The number of pyridine rings is 1. The number of rotatable bonds is 5. The number of nitriles is 1. The summed E-state index contributed by atoms with van der Waals surface area (Å²) in [5, 5.41) is 13.3. The van der Waals surface area contributed by atoms with Crippen LogP contribution in [0.15, 0.2) is 53.6 Å². The van der Waals surface area contributed by atoms with Crippen molar-refractivity contribution in [2.45, 2.75) is 18.4 Å². The second-order valence-corrected chi connectivity index (χ2v) is 6.61. The van der Waals surface area contributed by atoms with Gasteiger partial charge in [0, 0.05) is 5.39 Å². The molecule has 0 aliphatic carbocycles. The Morgan fingerprint density at radius 2 is 2.08 bits per heavy atom. The summed E-state index contributed by atoms with van der Waals surface area (Å²) in [5.41, 5.74) is 2.51. The lowest BCUT2D eigenvalue weighted by atomic mass is 10.1. The van der Waals surface area contributed by atoms with Crippen molar-refractivity contribution < 1.29 is 9.18 Å². The second-order valence-electron chi connectivity index (χ2n) is 5.65. The second kappa shape index (κ2) is 7.98. The molecule has 0 saturated carbocycles. The van der Waals surface area contributed by atoms with Crippen molar-refractivity contribution in [3.63, 3.8) is 0 Å². The Bertz CT molecular complexity index is 1010. The van der Waals surface area contributed by atoms with Gasteiger partial charge in [0.2, 0.25) is 5.91 Å². The van der Waals surface area contributed by atoms with E-state index in [0.717, 1.165) is 29.1 Å². The molecular formula is C20H16FN3OS. The van der Waals surface area contributed by atoms with Crippen LogP contribution >= 0.6 is 11.8 Å². The minimum Gasteiger partial charge on any atom is -0.323 e. The summed E-state index contributed by atoms with van der Waals surface area (Å²) in [5.74, 6) is -0.805. The molecule has 2 aromatic carbocycles. The lowest BCUT2D eigenvalue weighted by Gasteiger charge is -2.08. The van der Waals surface area contributed by atoms with Crippen LogP contribution in [0.4, 0.5) is 10.1 Å². The Hall–Kier alpha value is -2.91. The van der Waals surface area contributed by atoms with Gasteiger partial charge in [0.1, 0.15) is 16.9 Å². The van der Waals surface area contributed by atoms with Crippen molar-refractivity contribution >= 4 is 34.3 Å². The van der Waals surface area contributed by atoms with Gasteiger partial charge in [0.05, 0.1) is 22.5 Å². The molecule has 3 rings (SSSR count). The summed E-state index contributed by atoms with van der Waals surface area (Å²) in [4.78, 5) is 16.6. The van der Waals surface area contributed by atoms with Crippen molar-refractivity contribution in [1.82, 2.24) is 4.98 Å². The van der Waals surface area contributed by atoms with Crippen molar-refractivity contribution in [2.24, 2.45) is 0 Å². The molecule has 26 heavy (non-hydrogen) atoms. The number of thioether (sulfide) groups is 1. The van der Waals surface area contributed by atoms with Gasteiger partial charge in [-0.3, -0.25) is 4.79 Å². The van der Waals surface area contributed by atoms with Crippen molar-refractivity contribution in [2.75, 3.05) is 11.1 Å². The van der Waals surface area contributed by atoms with Crippen LogP contribution in [0.25, 0.3) is 10.9 Å². The van der Waals surface area contributed by atoms with Crippen LogP contribution in [0, 0.1) is 17.1 Å². The molecule has 0 aliphatic heterocycles. The molecule has 0 spiro atoms. The number of halogens is 1. The first-order chi connectivity index (χ1) is 12.6. The lowest BCUT2D eigenvalue weighted by molar-refractivity contribution is -0.113. The first-order valence-electron chi connectivity index (χ1n) is 8.11. The molecule has 0 saturated heterocycles. The van der Waals surface area contributed by atoms with Gasteiger partial charge in [-0.05, 0) is 42.3 Å². The Morgan fingerprint density at radius 3 is 2.81 bits per heavy atom. The maximum atomic E-state index is 13.6. The van der Waals surface area contributed by atoms with Gasteiger partial charge >= 0.3 is 0 Å². The van der Waals surface area contributed by atoms with E-state index < -0.39 is 5.82 Å². The molecule has 1 heterocycles. The Kier molecular flexibility index (Phi) is 5.49. The molecule has 0 unspecified atom stereocenters. The van der Waals surface area contributed by atoms with Crippen LogP contribution in [0.3, 0.4) is 0 Å². The molecule has 6 heteroatoms. The number of aromatic nitrogens is 1. The molecule has 3 aromatic rings. The standard InChI is InChI=1S/C20H16FN3OS/c1-2-13-7-8-17-14(9-13)10-15(11-22)20(24-17)26-12-19(25)23-18-6-4-3-5-16(18)21/h3-10H,2,12H2,1H3,(H,23,25). The molecule has 4 nitrogen and oxygen atoms in total. The number of nitrogens with one attached hydrogen (secondary N) is 1. The number of aryl methyl sites for hydroxylation is 1. The highest BCUT2D eigenvalue weighted by atomic mass is 32.2. The first-order valence-corrected chi connectivity index (χ1v) is 9.10. The van der Waals surface area contributed by atoms with Gasteiger partial charge < -0.3 is 5.32 Å². The van der Waals surface area contributed by atoms with Crippen LogP contribution < -0.4 is 5.32 Å². The average Bonchev–Trinajstić information content (AvgIpc) is 2.67. The molecule has 0 fully saturated rings. The Labute approximate surface area is 155 Å². The maximum absolute atomic E-state index is 13.6. The number of carbonyl (C=O) groups excluding carboxylic acids is 1. The minimum absolute atomic E-state index is 0.0363. The first kappa shape index (κ1) is 17.9. The van der Waals surface area contributed by atoms with E-state index in [1.165, 1.54) is 17.7 Å². The van der Waals surface area contributed by atoms with E-state index in [9.17, 15) is 14.4 Å². The van der Waals surface area contributed by atoms with Crippen LogP contribution in [0.5, 0.6) is 0 Å². The van der Waals surface area contributed by atoms with E-state index >= 15 is 0 Å². The summed E-state index contributed by atoms with van der Waals surface area (Å²) in [6.07, 6.45) is 0.907. The minimum atomic E-state index is -0.487. The van der Waals surface area contributed by atoms with Gasteiger partial charge in [-0.25, -0.2) is 9.37 Å². The van der Waals surface area contributed by atoms with E-state index in [-0.39, 0.29) is 17.3 Å². The van der Waals surface area contributed by atoms with Crippen LogP contribution in [-0.2, 0) is 11.2 Å². The predicted molar refractivity (Wildman–Crippen MR) is 102 cm³/mol. The zero-order chi connectivity index (χ0) is 18.5. The lowest BCUT2D eigenvalue weighted by Crippen LogP contribution is -2.15. The number of nitrogens with zero attached hydrogens (tertiary/aromatic N) is 2. The summed E-state index contributed by atoms with van der Waals surface area (Å²) in [7, 11) is 0. The van der Waals surface area contributed by atoms with Gasteiger partial charge in [0.25, 0.3) is 0 Å². The molecule has 1 aromatic heterocycles. The summed E-state index contributed by atoms with van der Waals surface area (Å²) in [6, 6.07) is 15.8. The van der Waals surface area contributed by atoms with E-state index in [0.29, 0.717) is 10.6 Å². The van der Waals surface area contributed by atoms with E-state index in [2.05, 4.69) is 23.3 Å². The van der Waals surface area contributed by atoms with Gasteiger partial charge in [-0.15, -0.1) is 0 Å². The van der Waals surface area contributed by atoms with Gasteiger partial charge in [0.15, 0.2) is 0 Å². The van der Waals surface area contributed by atoms with E-state index in [1.807, 2.05) is 18.2 Å². The third kappa shape index (κ3) is 4.01. The zero-order valence-electron chi connectivity index (χ0n) is 14.1. The number of amides is 1. The smallest absolute Gasteiger partial charge is 0.234 e. The maximum Gasteiger partial charge on any atom is 0.234 e. The summed E-state index contributed by atoms with van der Waals surface area (Å²) in [6.45, 7) is 2.07. The number of carbonyl (C=O) groups is 1. The molecule has 130 valence electrons. The normalized spacial score (nSPS) is 10.5. The fourth-order valence-corrected chi connectivity index (χ4v) is 3.26. The number of para-hydroxylation sites is 1. The monoisotopic (exact) mass is 365 g/mol.